The predicted octanol–water partition coefficient (Wildman–Crippen LogP) is 2.49. The van der Waals surface area contributed by atoms with E-state index in [1.165, 1.54) is 0 Å². The maximum atomic E-state index is 11.6. The fourth-order valence-electron chi connectivity index (χ4n) is 2.49. The van der Waals surface area contributed by atoms with E-state index in [1.54, 1.807) is 7.11 Å². The molecule has 142 valence electrons. The minimum absolute atomic E-state index is 0.0219. The fourth-order valence-corrected chi connectivity index (χ4v) is 2.49. The topological polar surface area (TPSA) is 85.6 Å². The number of hydrogen-bond acceptors (Lipinski definition) is 6. The summed E-state index contributed by atoms with van der Waals surface area (Å²) in [6.07, 6.45) is 0. The second-order valence-electron chi connectivity index (χ2n) is 6.40. The Morgan fingerprint density at radius 1 is 1.27 bits per heavy atom. The number of hydrogen-bond donors (Lipinski definition) is 2. The molecule has 2 N–H and O–H groups in total. The average molecular weight is 361 g/mol. The normalized spacial score (nSPS) is 10.8. The van der Waals surface area contributed by atoms with Crippen LogP contribution in [0.25, 0.3) is 0 Å². The first-order valence-electron chi connectivity index (χ1n) is 8.62. The number of ether oxygens (including phenoxy) is 2. The summed E-state index contributed by atoms with van der Waals surface area (Å²) >= 11 is 0. The van der Waals surface area contributed by atoms with Crippen LogP contribution in [-0.4, -0.2) is 30.8 Å². The van der Waals surface area contributed by atoms with Crippen LogP contribution >= 0.6 is 0 Å². The number of aryl methyl sites for hydroxylation is 2. The van der Waals surface area contributed by atoms with Gasteiger partial charge < -0.3 is 24.6 Å². The Morgan fingerprint density at radius 2 is 2.04 bits per heavy atom. The average Bonchev–Trinajstić information content (AvgIpc) is 2.91. The molecule has 0 saturated heterocycles. The van der Waals surface area contributed by atoms with Gasteiger partial charge in [-0.2, -0.15) is 0 Å². The lowest BCUT2D eigenvalue weighted by atomic mass is 10.2. The van der Waals surface area contributed by atoms with Gasteiger partial charge in [-0.15, -0.1) is 0 Å². The first-order valence-corrected chi connectivity index (χ1v) is 8.62. The van der Waals surface area contributed by atoms with E-state index in [4.69, 9.17) is 14.0 Å². The molecule has 1 amide bonds. The molecule has 0 bridgehead atoms. The summed E-state index contributed by atoms with van der Waals surface area (Å²) in [7, 11) is 1.60. The fraction of sp³-hybridized carbons (Fsp3) is 0.474. The molecular weight excluding hydrogens is 334 g/mol. The number of benzene rings is 1. The van der Waals surface area contributed by atoms with Gasteiger partial charge >= 0.3 is 0 Å². The van der Waals surface area contributed by atoms with Crippen molar-refractivity contribution < 1.29 is 18.8 Å². The summed E-state index contributed by atoms with van der Waals surface area (Å²) in [6, 6.07) is 5.84. The van der Waals surface area contributed by atoms with Crippen LogP contribution in [0.3, 0.4) is 0 Å². The number of carbonyl (C=O) groups is 1. The minimum Gasteiger partial charge on any atom is -0.493 e. The second-order valence-corrected chi connectivity index (χ2v) is 6.40. The van der Waals surface area contributed by atoms with Gasteiger partial charge in [0.05, 0.1) is 24.9 Å². The number of nitrogens with zero attached hydrogens (tertiary/aromatic N) is 1. The highest BCUT2D eigenvalue weighted by atomic mass is 16.5. The summed E-state index contributed by atoms with van der Waals surface area (Å²) in [5.74, 6) is 2.02. The van der Waals surface area contributed by atoms with Crippen LogP contribution < -0.4 is 20.1 Å². The lowest BCUT2D eigenvalue weighted by Crippen LogP contribution is -2.37. The third-order valence-electron chi connectivity index (χ3n) is 3.85. The molecule has 0 aliphatic carbocycles. The van der Waals surface area contributed by atoms with Gasteiger partial charge in [-0.3, -0.25) is 4.79 Å². The molecule has 0 spiro atoms. The van der Waals surface area contributed by atoms with E-state index in [2.05, 4.69) is 15.8 Å². The molecule has 0 aliphatic heterocycles. The van der Waals surface area contributed by atoms with E-state index in [0.29, 0.717) is 24.7 Å². The van der Waals surface area contributed by atoms with E-state index in [1.807, 2.05) is 45.9 Å². The molecule has 2 rings (SSSR count). The van der Waals surface area contributed by atoms with Crippen LogP contribution in [0.2, 0.25) is 0 Å². The molecule has 7 nitrogen and oxygen atoms in total. The van der Waals surface area contributed by atoms with Crippen LogP contribution in [0, 0.1) is 13.8 Å². The summed E-state index contributed by atoms with van der Waals surface area (Å²) in [4.78, 5) is 11.6. The third-order valence-corrected chi connectivity index (χ3v) is 3.85. The number of aromatic nitrogens is 1. The van der Waals surface area contributed by atoms with E-state index >= 15 is 0 Å². The summed E-state index contributed by atoms with van der Waals surface area (Å²) < 4.78 is 16.4. The van der Waals surface area contributed by atoms with Gasteiger partial charge in [-0.1, -0.05) is 11.2 Å². The minimum atomic E-state index is -0.0219. The highest BCUT2D eigenvalue weighted by molar-refractivity contribution is 5.78. The maximum absolute atomic E-state index is 11.6. The van der Waals surface area contributed by atoms with Crippen molar-refractivity contribution in [2.45, 2.75) is 46.9 Å². The zero-order valence-electron chi connectivity index (χ0n) is 16.0. The highest BCUT2D eigenvalue weighted by Crippen LogP contribution is 2.29. The second kappa shape index (κ2) is 9.24. The van der Waals surface area contributed by atoms with Gasteiger partial charge in [0.2, 0.25) is 5.91 Å². The van der Waals surface area contributed by atoms with Gasteiger partial charge in [-0.25, -0.2) is 0 Å². The quantitative estimate of drug-likeness (QED) is 0.714. The van der Waals surface area contributed by atoms with Crippen LogP contribution in [0.1, 0.15) is 36.4 Å². The molecule has 0 saturated carbocycles. The van der Waals surface area contributed by atoms with Crippen molar-refractivity contribution in [1.82, 2.24) is 15.8 Å². The van der Waals surface area contributed by atoms with E-state index in [9.17, 15) is 4.79 Å². The number of carbonyl (C=O) groups excluding carboxylic acids is 1. The first kappa shape index (κ1) is 19.8. The largest absolute Gasteiger partial charge is 0.493 e. The van der Waals surface area contributed by atoms with Crippen LogP contribution in [0.15, 0.2) is 22.7 Å². The van der Waals surface area contributed by atoms with Crippen molar-refractivity contribution in [3.05, 3.63) is 40.8 Å². The maximum Gasteiger partial charge on any atom is 0.234 e. The van der Waals surface area contributed by atoms with Gasteiger partial charge in [0.25, 0.3) is 0 Å². The van der Waals surface area contributed by atoms with Crippen molar-refractivity contribution in [3.8, 4) is 11.5 Å². The van der Waals surface area contributed by atoms with Gasteiger partial charge in [0.15, 0.2) is 11.5 Å². The van der Waals surface area contributed by atoms with Crippen molar-refractivity contribution in [2.24, 2.45) is 0 Å². The Balaban J connectivity index is 1.93. The zero-order valence-corrected chi connectivity index (χ0v) is 16.0. The molecule has 26 heavy (non-hydrogen) atoms. The van der Waals surface area contributed by atoms with Crippen molar-refractivity contribution in [2.75, 3.05) is 13.7 Å². The smallest absolute Gasteiger partial charge is 0.234 e. The molecule has 2 aromatic rings. The molecule has 1 aromatic heterocycles. The Bertz CT molecular complexity index is 721. The molecule has 0 atom stereocenters. The molecule has 1 heterocycles. The SMILES string of the molecule is COc1cc(CNCC(=O)NC(C)C)ccc1OCc1c(C)noc1C. The summed E-state index contributed by atoms with van der Waals surface area (Å²) in [5, 5.41) is 9.88. The van der Waals surface area contributed by atoms with Crippen LogP contribution in [0.5, 0.6) is 11.5 Å². The molecule has 0 aliphatic rings. The Hall–Kier alpha value is -2.54. The Morgan fingerprint density at radius 3 is 2.65 bits per heavy atom. The van der Waals surface area contributed by atoms with E-state index < -0.39 is 0 Å². The van der Waals surface area contributed by atoms with Crippen LogP contribution in [-0.2, 0) is 17.9 Å². The van der Waals surface area contributed by atoms with Gasteiger partial charge in [0.1, 0.15) is 12.4 Å². The third kappa shape index (κ3) is 5.49. The first-order chi connectivity index (χ1) is 12.4. The molecule has 0 radical (unpaired) electrons. The number of amides is 1. The van der Waals surface area contributed by atoms with E-state index in [0.717, 1.165) is 22.6 Å². The lowest BCUT2D eigenvalue weighted by molar-refractivity contribution is -0.120. The zero-order chi connectivity index (χ0) is 19.1. The molecule has 7 heteroatoms. The summed E-state index contributed by atoms with van der Waals surface area (Å²) in [6.45, 7) is 8.81. The molecule has 0 unspecified atom stereocenters. The molecular formula is C19H27N3O4. The lowest BCUT2D eigenvalue weighted by Gasteiger charge is -2.13. The number of methoxy groups -OCH3 is 1. The Labute approximate surface area is 154 Å². The van der Waals surface area contributed by atoms with Crippen molar-refractivity contribution in [3.63, 3.8) is 0 Å². The molecule has 1 aromatic carbocycles. The van der Waals surface area contributed by atoms with Crippen molar-refractivity contribution >= 4 is 5.91 Å². The number of rotatable bonds is 9. The number of nitrogens with one attached hydrogen (secondary N) is 2. The standard InChI is InChI=1S/C19H27N3O4/c1-12(2)21-19(23)10-20-9-15-6-7-17(18(8-15)24-5)25-11-16-13(3)22-26-14(16)4/h6-8,12,20H,9-11H2,1-5H3,(H,21,23). The van der Waals surface area contributed by atoms with Crippen LogP contribution in [0.4, 0.5) is 0 Å². The van der Waals surface area contributed by atoms with E-state index in [-0.39, 0.29) is 18.5 Å². The van der Waals surface area contributed by atoms with Gasteiger partial charge in [-0.05, 0) is 45.4 Å². The predicted molar refractivity (Wildman–Crippen MR) is 98.3 cm³/mol. The van der Waals surface area contributed by atoms with Gasteiger partial charge in [0, 0.05) is 12.6 Å². The highest BCUT2D eigenvalue weighted by Gasteiger charge is 2.12. The monoisotopic (exact) mass is 361 g/mol. The summed E-state index contributed by atoms with van der Waals surface area (Å²) in [5.41, 5.74) is 2.76. The Kier molecular flexibility index (Phi) is 7.03. The van der Waals surface area contributed by atoms with Crippen molar-refractivity contribution in [1.29, 1.82) is 0 Å². The molecule has 0 fully saturated rings.